The van der Waals surface area contributed by atoms with E-state index in [1.165, 1.54) is 19.1 Å². The van der Waals surface area contributed by atoms with Crippen molar-refractivity contribution >= 4 is 40.5 Å². The minimum absolute atomic E-state index is 0. The number of hydrogen-bond donors (Lipinski definition) is 1. The molecule has 1 aromatic carbocycles. The van der Waals surface area contributed by atoms with Crippen LogP contribution < -0.4 is 34.7 Å². The van der Waals surface area contributed by atoms with Gasteiger partial charge in [0.1, 0.15) is 0 Å². The number of rotatable bonds is 5. The quantitative estimate of drug-likeness (QED) is 0.515. The summed E-state index contributed by atoms with van der Waals surface area (Å²) >= 11 is 12.1. The van der Waals surface area contributed by atoms with Crippen molar-refractivity contribution in [3.8, 4) is 0 Å². The van der Waals surface area contributed by atoms with Crippen LogP contribution in [-0.2, 0) is 16.0 Å². The second-order valence-electron chi connectivity index (χ2n) is 3.79. The first-order chi connectivity index (χ1) is 8.88. The topological polar surface area (TPSA) is 77.4 Å². The summed E-state index contributed by atoms with van der Waals surface area (Å²) in [6, 6.07) is 2.96. The van der Waals surface area contributed by atoms with E-state index in [4.69, 9.17) is 28.3 Å². The number of carboxylic acids is 1. The van der Waals surface area contributed by atoms with E-state index in [9.17, 15) is 14.7 Å². The van der Waals surface area contributed by atoms with Gasteiger partial charge in [0.25, 0.3) is 0 Å². The zero-order valence-corrected chi connectivity index (χ0v) is 14.6. The van der Waals surface area contributed by atoms with Crippen LogP contribution in [0.25, 0.3) is 5.57 Å². The average molecular weight is 325 g/mol. The third kappa shape index (κ3) is 4.88. The number of halogens is 2. The van der Waals surface area contributed by atoms with Gasteiger partial charge >= 0.3 is 29.6 Å². The van der Waals surface area contributed by atoms with E-state index >= 15 is 0 Å². The first-order valence-corrected chi connectivity index (χ1v) is 6.15. The van der Waals surface area contributed by atoms with E-state index in [0.717, 1.165) is 0 Å². The minimum atomic E-state index is -1.49. The number of carbonyl (C=O) groups excluding carboxylic acids is 2. The molecule has 0 aliphatic heterocycles. The van der Waals surface area contributed by atoms with Gasteiger partial charge in [-0.05, 0) is 31.1 Å². The van der Waals surface area contributed by atoms with Crippen LogP contribution in [0.3, 0.4) is 0 Å². The van der Waals surface area contributed by atoms with Gasteiger partial charge in [-0.15, -0.1) is 0 Å². The predicted molar refractivity (Wildman–Crippen MR) is 70.9 cm³/mol. The maximum Gasteiger partial charge on any atom is 1.00 e. The molecule has 0 saturated heterocycles. The number of benzene rings is 1. The van der Waals surface area contributed by atoms with Crippen LogP contribution in [-0.4, -0.2) is 23.5 Å². The van der Waals surface area contributed by atoms with Gasteiger partial charge in [0.15, 0.2) is 5.78 Å². The zero-order chi connectivity index (χ0) is 14.6. The molecular weight excluding hydrogens is 314 g/mol. The van der Waals surface area contributed by atoms with E-state index in [-0.39, 0.29) is 58.7 Å². The number of carboxylic acid groups (broad SMARTS) is 1. The van der Waals surface area contributed by atoms with Crippen molar-refractivity contribution in [1.82, 2.24) is 0 Å². The molecule has 0 spiro atoms. The number of ketones is 1. The number of hydrogen-bond acceptors (Lipinski definition) is 4. The number of aliphatic carboxylic acids is 1. The smallest absolute Gasteiger partial charge is 0.545 e. The Bertz CT molecular complexity index is 556. The molecular formula is C13H11Cl2NaO4. The molecule has 0 bridgehead atoms. The number of allylic oxidation sites excluding steroid dienone is 1. The van der Waals surface area contributed by atoms with Gasteiger partial charge in [-0.25, -0.2) is 0 Å². The Hall–Kier alpha value is -0.360. The summed E-state index contributed by atoms with van der Waals surface area (Å²) in [5.74, 6) is -1.94. The minimum Gasteiger partial charge on any atom is -0.545 e. The monoisotopic (exact) mass is 324 g/mol. The first kappa shape index (κ1) is 19.6. The van der Waals surface area contributed by atoms with Crippen LogP contribution in [0, 0.1) is 0 Å². The number of aliphatic hydroxyl groups is 1. The molecule has 0 radical (unpaired) electrons. The molecule has 102 valence electrons. The molecule has 0 atom stereocenters. The van der Waals surface area contributed by atoms with Gasteiger partial charge < -0.3 is 15.0 Å². The Kier molecular flexibility index (Phi) is 8.66. The van der Waals surface area contributed by atoms with Crippen LogP contribution in [0.4, 0.5) is 0 Å². The average Bonchev–Trinajstić information content (AvgIpc) is 2.32. The van der Waals surface area contributed by atoms with Crippen LogP contribution in [0.1, 0.15) is 18.1 Å². The van der Waals surface area contributed by atoms with E-state index in [1.54, 1.807) is 0 Å². The summed E-state index contributed by atoms with van der Waals surface area (Å²) in [6.07, 6.45) is 0.905. The van der Waals surface area contributed by atoms with Gasteiger partial charge in [-0.2, -0.15) is 0 Å². The molecule has 0 aliphatic carbocycles. The van der Waals surface area contributed by atoms with E-state index in [2.05, 4.69) is 0 Å². The van der Waals surface area contributed by atoms with E-state index in [1.807, 2.05) is 0 Å². The van der Waals surface area contributed by atoms with Crippen LogP contribution >= 0.6 is 23.2 Å². The molecule has 0 aromatic heterocycles. The van der Waals surface area contributed by atoms with Crippen molar-refractivity contribution < 1.29 is 49.4 Å². The second-order valence-corrected chi connectivity index (χ2v) is 4.58. The molecule has 1 N–H and O–H groups in total. The fraction of sp³-hybridized carbons (Fsp3) is 0.231. The van der Waals surface area contributed by atoms with Crippen LogP contribution in [0.5, 0.6) is 0 Å². The maximum absolute atomic E-state index is 11.5. The van der Waals surface area contributed by atoms with Crippen molar-refractivity contribution in [1.29, 1.82) is 0 Å². The molecule has 0 unspecified atom stereocenters. The van der Waals surface area contributed by atoms with Gasteiger partial charge in [-0.3, -0.25) is 4.79 Å². The Morgan fingerprint density at radius 2 is 1.95 bits per heavy atom. The van der Waals surface area contributed by atoms with Crippen LogP contribution in [0.15, 0.2) is 18.2 Å². The van der Waals surface area contributed by atoms with E-state index < -0.39 is 11.8 Å². The molecule has 1 rings (SSSR count). The maximum atomic E-state index is 11.5. The fourth-order valence-electron chi connectivity index (χ4n) is 1.63. The van der Waals surface area contributed by atoms with Gasteiger partial charge in [0, 0.05) is 22.8 Å². The molecule has 0 amide bonds. The summed E-state index contributed by atoms with van der Waals surface area (Å²) < 4.78 is 0. The molecule has 1 aromatic rings. The molecule has 4 nitrogen and oxygen atoms in total. The Balaban J connectivity index is 0.00000361. The molecule has 0 fully saturated rings. The van der Waals surface area contributed by atoms with Crippen molar-refractivity contribution in [3.05, 3.63) is 39.4 Å². The largest absolute Gasteiger partial charge is 1.00 e. The molecule has 20 heavy (non-hydrogen) atoms. The van der Waals surface area contributed by atoms with Gasteiger partial charge in [0.2, 0.25) is 0 Å². The third-order valence-electron chi connectivity index (χ3n) is 2.48. The normalized spacial score (nSPS) is 10.9. The Morgan fingerprint density at radius 3 is 2.40 bits per heavy atom. The molecule has 0 aliphatic rings. The molecule has 0 heterocycles. The van der Waals surface area contributed by atoms with E-state index in [0.29, 0.717) is 16.7 Å². The van der Waals surface area contributed by atoms with Crippen molar-refractivity contribution in [3.63, 3.8) is 0 Å². The fourth-order valence-corrected chi connectivity index (χ4v) is 2.29. The molecule has 0 saturated carbocycles. The second kappa shape index (κ2) is 8.82. The van der Waals surface area contributed by atoms with Crippen molar-refractivity contribution in [2.24, 2.45) is 0 Å². The summed E-state index contributed by atoms with van der Waals surface area (Å²) in [5, 5.41) is 20.1. The standard InChI is InChI=1S/C13H12Cl2O4.Na/c1-7(17)10(6-12(18)19)8-2-3-11(14)9(4-5-16)13(8)15;/h2-3,6,16H,4-5H2,1H3,(H,18,19);/q;+1/p-1. The van der Waals surface area contributed by atoms with Gasteiger partial charge in [0.05, 0.1) is 11.0 Å². The van der Waals surface area contributed by atoms with Crippen LogP contribution in [0.2, 0.25) is 10.0 Å². The Morgan fingerprint density at radius 1 is 1.35 bits per heavy atom. The summed E-state index contributed by atoms with van der Waals surface area (Å²) in [7, 11) is 0. The molecule has 7 heteroatoms. The number of carbonyl (C=O) groups is 2. The Labute approximate surface area is 148 Å². The SMILES string of the molecule is CC(=O)C(=CC(=O)[O-])c1ccc(Cl)c(CCO)c1Cl.[Na+]. The summed E-state index contributed by atoms with van der Waals surface area (Å²) in [5.41, 5.74) is 0.654. The van der Waals surface area contributed by atoms with Gasteiger partial charge in [-0.1, -0.05) is 29.3 Å². The first-order valence-electron chi connectivity index (χ1n) is 5.40. The number of aliphatic hydroxyl groups excluding tert-OH is 1. The van der Waals surface area contributed by atoms with Crippen molar-refractivity contribution in [2.45, 2.75) is 13.3 Å². The zero-order valence-electron chi connectivity index (χ0n) is 11.1. The third-order valence-corrected chi connectivity index (χ3v) is 3.27. The van der Waals surface area contributed by atoms with Crippen molar-refractivity contribution in [2.75, 3.05) is 6.61 Å². The predicted octanol–water partition coefficient (Wildman–Crippen LogP) is -1.75. The summed E-state index contributed by atoms with van der Waals surface area (Å²) in [4.78, 5) is 22.1. The number of Topliss-reactive ketones (excluding diaryl/α,β-unsaturated/α-hetero) is 1. The summed E-state index contributed by atoms with van der Waals surface area (Å²) in [6.45, 7) is 1.06.